The Morgan fingerprint density at radius 1 is 1.35 bits per heavy atom. The van der Waals surface area contributed by atoms with Crippen LogP contribution in [0.25, 0.3) is 0 Å². The molecular weight excluding hydrogens is 228 g/mol. The first-order valence-corrected chi connectivity index (χ1v) is 7.00. The molecule has 2 aromatic rings. The maximum absolute atomic E-state index is 4.54. The van der Waals surface area contributed by atoms with E-state index in [2.05, 4.69) is 52.9 Å². The first-order valence-electron chi connectivity index (χ1n) is 6.12. The van der Waals surface area contributed by atoms with Crippen LogP contribution < -0.4 is 5.32 Å². The Morgan fingerprint density at radius 3 is 2.88 bits per heavy atom. The zero-order valence-corrected chi connectivity index (χ0v) is 10.7. The number of aromatic nitrogens is 1. The summed E-state index contributed by atoms with van der Waals surface area (Å²) in [4.78, 5) is 4.54. The van der Waals surface area contributed by atoms with Gasteiger partial charge in [0.2, 0.25) is 0 Å². The van der Waals surface area contributed by atoms with E-state index in [4.69, 9.17) is 0 Å². The number of anilines is 1. The highest BCUT2D eigenvalue weighted by atomic mass is 32.1. The van der Waals surface area contributed by atoms with Gasteiger partial charge in [-0.05, 0) is 18.4 Å². The summed E-state index contributed by atoms with van der Waals surface area (Å²) in [5.41, 5.74) is 2.63. The van der Waals surface area contributed by atoms with Gasteiger partial charge in [-0.15, -0.1) is 11.3 Å². The minimum Gasteiger partial charge on any atom is -0.358 e. The molecule has 0 spiro atoms. The normalized spacial score (nSPS) is 22.4. The van der Waals surface area contributed by atoms with E-state index in [-0.39, 0.29) is 0 Å². The van der Waals surface area contributed by atoms with Crippen molar-refractivity contribution in [3.05, 3.63) is 47.0 Å². The van der Waals surface area contributed by atoms with Gasteiger partial charge in [-0.3, -0.25) is 0 Å². The van der Waals surface area contributed by atoms with Crippen molar-refractivity contribution in [2.45, 2.75) is 31.7 Å². The quantitative estimate of drug-likeness (QED) is 0.887. The Bertz CT molecular complexity index is 492. The highest BCUT2D eigenvalue weighted by Crippen LogP contribution is 2.42. The van der Waals surface area contributed by atoms with Gasteiger partial charge in [0.05, 0.1) is 5.69 Å². The molecular formula is C14H16N2S. The van der Waals surface area contributed by atoms with Crippen molar-refractivity contribution in [2.24, 2.45) is 0 Å². The predicted octanol–water partition coefficient (Wildman–Crippen LogP) is 3.67. The van der Waals surface area contributed by atoms with Crippen LogP contribution >= 0.6 is 11.3 Å². The molecule has 3 rings (SSSR count). The number of rotatable bonds is 4. The van der Waals surface area contributed by atoms with Gasteiger partial charge < -0.3 is 5.32 Å². The van der Waals surface area contributed by atoms with E-state index < -0.39 is 0 Å². The summed E-state index contributed by atoms with van der Waals surface area (Å²) in [6.45, 7) is 2.14. The molecule has 3 heteroatoms. The van der Waals surface area contributed by atoms with Crippen molar-refractivity contribution in [3.63, 3.8) is 0 Å². The average molecular weight is 244 g/mol. The number of nitrogens with zero attached hydrogens (tertiary/aromatic N) is 1. The minimum atomic E-state index is 0.577. The number of hydrogen-bond acceptors (Lipinski definition) is 3. The summed E-state index contributed by atoms with van der Waals surface area (Å²) in [7, 11) is 0. The third-order valence-electron chi connectivity index (χ3n) is 3.24. The number of hydrogen-bond donors (Lipinski definition) is 1. The molecule has 0 aliphatic heterocycles. The highest BCUT2D eigenvalue weighted by Gasteiger charge is 2.38. The van der Waals surface area contributed by atoms with Gasteiger partial charge in [0.25, 0.3) is 0 Å². The third kappa shape index (κ3) is 2.34. The topological polar surface area (TPSA) is 24.9 Å². The van der Waals surface area contributed by atoms with Gasteiger partial charge in [0.1, 0.15) is 0 Å². The Balaban J connectivity index is 1.62. The zero-order chi connectivity index (χ0) is 11.7. The fraction of sp³-hybridized carbons (Fsp3) is 0.357. The molecule has 1 N–H and O–H groups in total. The number of aryl methyl sites for hydroxylation is 1. The Labute approximate surface area is 106 Å². The molecule has 1 aromatic carbocycles. The van der Waals surface area contributed by atoms with Crippen molar-refractivity contribution >= 4 is 16.5 Å². The van der Waals surface area contributed by atoms with Crippen molar-refractivity contribution in [1.82, 2.24) is 4.98 Å². The van der Waals surface area contributed by atoms with Gasteiger partial charge in [0, 0.05) is 17.3 Å². The average Bonchev–Trinajstić information content (AvgIpc) is 2.98. The van der Waals surface area contributed by atoms with Gasteiger partial charge in [0.15, 0.2) is 5.13 Å². The van der Waals surface area contributed by atoms with Gasteiger partial charge in [-0.25, -0.2) is 4.98 Å². The Kier molecular flexibility index (Phi) is 2.85. The molecule has 2 unspecified atom stereocenters. The highest BCUT2D eigenvalue weighted by molar-refractivity contribution is 7.13. The van der Waals surface area contributed by atoms with Crippen LogP contribution in [0.1, 0.15) is 30.5 Å². The second-order valence-corrected chi connectivity index (χ2v) is 5.36. The molecule has 0 saturated heterocycles. The predicted molar refractivity (Wildman–Crippen MR) is 72.7 cm³/mol. The maximum Gasteiger partial charge on any atom is 0.183 e. The van der Waals surface area contributed by atoms with E-state index in [1.807, 2.05) is 0 Å². The second-order valence-electron chi connectivity index (χ2n) is 4.50. The third-order valence-corrected chi connectivity index (χ3v) is 4.06. The molecule has 2 atom stereocenters. The van der Waals surface area contributed by atoms with Crippen LogP contribution in [0.2, 0.25) is 0 Å². The van der Waals surface area contributed by atoms with Crippen LogP contribution in [0, 0.1) is 0 Å². The van der Waals surface area contributed by atoms with Crippen LogP contribution in [-0.2, 0) is 6.42 Å². The number of benzene rings is 1. The second kappa shape index (κ2) is 4.49. The molecule has 17 heavy (non-hydrogen) atoms. The molecule has 1 aliphatic carbocycles. The smallest absolute Gasteiger partial charge is 0.183 e. The van der Waals surface area contributed by atoms with Gasteiger partial charge in [-0.1, -0.05) is 37.3 Å². The molecule has 1 aromatic heterocycles. The molecule has 1 aliphatic rings. The minimum absolute atomic E-state index is 0.577. The number of nitrogens with one attached hydrogen (secondary N) is 1. The van der Waals surface area contributed by atoms with E-state index in [1.54, 1.807) is 11.3 Å². The molecule has 0 amide bonds. The van der Waals surface area contributed by atoms with Gasteiger partial charge >= 0.3 is 0 Å². The van der Waals surface area contributed by atoms with E-state index in [0.29, 0.717) is 12.0 Å². The van der Waals surface area contributed by atoms with Crippen LogP contribution in [0.3, 0.4) is 0 Å². The van der Waals surface area contributed by atoms with Crippen LogP contribution in [0.5, 0.6) is 0 Å². The van der Waals surface area contributed by atoms with Crippen LogP contribution in [-0.4, -0.2) is 11.0 Å². The summed E-state index contributed by atoms with van der Waals surface area (Å²) >= 11 is 1.72. The molecule has 0 bridgehead atoms. The lowest BCUT2D eigenvalue weighted by Crippen LogP contribution is -2.03. The summed E-state index contributed by atoms with van der Waals surface area (Å²) in [5, 5.41) is 6.74. The fourth-order valence-electron chi connectivity index (χ4n) is 2.12. The van der Waals surface area contributed by atoms with E-state index in [1.165, 1.54) is 17.7 Å². The largest absolute Gasteiger partial charge is 0.358 e. The standard InChI is InChI=1S/C14H16N2S/c1-2-11-9-17-14(15-11)16-13-8-12(13)10-6-4-3-5-7-10/h3-7,9,12-13H,2,8H2,1H3,(H,15,16). The van der Waals surface area contributed by atoms with E-state index >= 15 is 0 Å². The summed E-state index contributed by atoms with van der Waals surface area (Å²) in [6, 6.07) is 11.3. The number of thiazole rings is 1. The van der Waals surface area contributed by atoms with Crippen LogP contribution in [0.4, 0.5) is 5.13 Å². The molecule has 1 saturated carbocycles. The first kappa shape index (κ1) is 10.8. The maximum atomic E-state index is 4.54. The lowest BCUT2D eigenvalue weighted by molar-refractivity contribution is 1.02. The summed E-state index contributed by atoms with van der Waals surface area (Å²) < 4.78 is 0. The Morgan fingerprint density at radius 2 is 2.18 bits per heavy atom. The summed E-state index contributed by atoms with van der Waals surface area (Å²) in [5.74, 6) is 0.671. The fourth-order valence-corrected chi connectivity index (χ4v) is 2.97. The summed E-state index contributed by atoms with van der Waals surface area (Å²) in [6.07, 6.45) is 2.25. The van der Waals surface area contributed by atoms with Crippen molar-refractivity contribution in [2.75, 3.05) is 5.32 Å². The molecule has 2 nitrogen and oxygen atoms in total. The molecule has 1 heterocycles. The molecule has 1 fully saturated rings. The monoisotopic (exact) mass is 244 g/mol. The zero-order valence-electron chi connectivity index (χ0n) is 9.89. The SMILES string of the molecule is CCc1csc(NC2CC2c2ccccc2)n1. The lowest BCUT2D eigenvalue weighted by Gasteiger charge is -2.01. The lowest BCUT2D eigenvalue weighted by atomic mass is 10.1. The van der Waals surface area contributed by atoms with E-state index in [9.17, 15) is 0 Å². The van der Waals surface area contributed by atoms with E-state index in [0.717, 1.165) is 11.6 Å². The van der Waals surface area contributed by atoms with Crippen molar-refractivity contribution < 1.29 is 0 Å². The first-order chi connectivity index (χ1) is 8.36. The van der Waals surface area contributed by atoms with Crippen molar-refractivity contribution in [1.29, 1.82) is 0 Å². The Hall–Kier alpha value is -1.35. The molecule has 0 radical (unpaired) electrons. The van der Waals surface area contributed by atoms with Crippen LogP contribution in [0.15, 0.2) is 35.7 Å². The molecule has 88 valence electrons. The van der Waals surface area contributed by atoms with Crippen molar-refractivity contribution in [3.8, 4) is 0 Å². The van der Waals surface area contributed by atoms with Gasteiger partial charge in [-0.2, -0.15) is 0 Å².